The van der Waals surface area contributed by atoms with Crippen LogP contribution in [0.2, 0.25) is 5.02 Å². The highest BCUT2D eigenvalue weighted by molar-refractivity contribution is 6.30. The summed E-state index contributed by atoms with van der Waals surface area (Å²) in [4.78, 5) is 11.7. The van der Waals surface area contributed by atoms with Crippen LogP contribution in [0.15, 0.2) is 24.3 Å². The van der Waals surface area contributed by atoms with Crippen molar-refractivity contribution >= 4 is 23.2 Å². The number of amides is 1. The van der Waals surface area contributed by atoms with E-state index in [-0.39, 0.29) is 11.4 Å². The van der Waals surface area contributed by atoms with E-state index in [4.69, 9.17) is 11.6 Å². The molecule has 0 unspecified atom stereocenters. The quantitative estimate of drug-likeness (QED) is 0.848. The van der Waals surface area contributed by atoms with E-state index in [0.29, 0.717) is 11.6 Å². The van der Waals surface area contributed by atoms with Crippen molar-refractivity contribution in [3.63, 3.8) is 0 Å². The van der Waals surface area contributed by atoms with E-state index in [1.807, 2.05) is 0 Å². The smallest absolute Gasteiger partial charge is 0.238 e. The van der Waals surface area contributed by atoms with Gasteiger partial charge in [-0.15, -0.1) is 0 Å². The molecule has 0 saturated carbocycles. The second-order valence-electron chi connectivity index (χ2n) is 4.65. The number of hydrogen-bond donors (Lipinski definition) is 2. The Labute approximate surface area is 108 Å². The molecule has 0 aliphatic heterocycles. The summed E-state index contributed by atoms with van der Waals surface area (Å²) in [5.41, 5.74) is 0.743. The van der Waals surface area contributed by atoms with Gasteiger partial charge in [0.2, 0.25) is 5.91 Å². The van der Waals surface area contributed by atoms with Crippen molar-refractivity contribution < 1.29 is 4.79 Å². The third kappa shape index (κ3) is 5.20. The van der Waals surface area contributed by atoms with Gasteiger partial charge in [0, 0.05) is 16.2 Å². The molecule has 94 valence electrons. The van der Waals surface area contributed by atoms with Gasteiger partial charge in [-0.25, -0.2) is 0 Å². The fraction of sp³-hybridized carbons (Fsp3) is 0.462. The first-order valence-electron chi connectivity index (χ1n) is 5.73. The maximum Gasteiger partial charge on any atom is 0.238 e. The molecule has 0 fully saturated rings. The lowest BCUT2D eigenvalue weighted by Crippen LogP contribution is -2.43. The second kappa shape index (κ2) is 6.03. The van der Waals surface area contributed by atoms with Gasteiger partial charge in [-0.1, -0.05) is 18.5 Å². The SMILES string of the molecule is CCC(C)(C)NCC(=O)Nc1ccc(Cl)cc1. The minimum absolute atomic E-state index is 0.0165. The first-order valence-corrected chi connectivity index (χ1v) is 6.11. The molecule has 0 radical (unpaired) electrons. The van der Waals surface area contributed by atoms with Crippen molar-refractivity contribution in [3.8, 4) is 0 Å². The van der Waals surface area contributed by atoms with E-state index in [2.05, 4.69) is 31.4 Å². The van der Waals surface area contributed by atoms with Gasteiger partial charge in [0.1, 0.15) is 0 Å². The van der Waals surface area contributed by atoms with E-state index in [9.17, 15) is 4.79 Å². The lowest BCUT2D eigenvalue weighted by atomic mass is 10.0. The number of anilines is 1. The minimum Gasteiger partial charge on any atom is -0.325 e. The summed E-state index contributed by atoms with van der Waals surface area (Å²) < 4.78 is 0. The molecule has 0 bridgehead atoms. The number of nitrogens with one attached hydrogen (secondary N) is 2. The predicted molar refractivity (Wildman–Crippen MR) is 72.5 cm³/mol. The zero-order valence-corrected chi connectivity index (χ0v) is 11.3. The summed E-state index contributed by atoms with van der Waals surface area (Å²) in [6.07, 6.45) is 0.973. The van der Waals surface area contributed by atoms with Gasteiger partial charge in [0.25, 0.3) is 0 Å². The number of carbonyl (C=O) groups is 1. The van der Waals surface area contributed by atoms with Crippen molar-refractivity contribution in [3.05, 3.63) is 29.3 Å². The topological polar surface area (TPSA) is 41.1 Å². The molecule has 4 heteroatoms. The van der Waals surface area contributed by atoms with Gasteiger partial charge in [-0.2, -0.15) is 0 Å². The maximum atomic E-state index is 11.7. The van der Waals surface area contributed by atoms with Crippen molar-refractivity contribution in [1.29, 1.82) is 0 Å². The minimum atomic E-state index is -0.0474. The van der Waals surface area contributed by atoms with E-state index in [0.717, 1.165) is 12.1 Å². The van der Waals surface area contributed by atoms with Crippen LogP contribution in [-0.4, -0.2) is 18.0 Å². The van der Waals surface area contributed by atoms with Crippen LogP contribution in [0.3, 0.4) is 0 Å². The van der Waals surface area contributed by atoms with Gasteiger partial charge < -0.3 is 10.6 Å². The first-order chi connectivity index (χ1) is 7.93. The van der Waals surface area contributed by atoms with Gasteiger partial charge in [-0.3, -0.25) is 4.79 Å². The van der Waals surface area contributed by atoms with Gasteiger partial charge in [0.15, 0.2) is 0 Å². The molecule has 0 aliphatic rings. The summed E-state index contributed by atoms with van der Waals surface area (Å²) in [5.74, 6) is -0.0474. The van der Waals surface area contributed by atoms with Crippen LogP contribution in [0.25, 0.3) is 0 Å². The molecule has 17 heavy (non-hydrogen) atoms. The molecular weight excluding hydrogens is 236 g/mol. The molecule has 1 aromatic carbocycles. The van der Waals surface area contributed by atoms with Crippen molar-refractivity contribution in [1.82, 2.24) is 5.32 Å². The van der Waals surface area contributed by atoms with E-state index in [1.165, 1.54) is 0 Å². The normalized spacial score (nSPS) is 11.3. The number of rotatable bonds is 5. The Bertz CT molecular complexity index is 374. The average molecular weight is 255 g/mol. The Hall–Kier alpha value is -1.06. The predicted octanol–water partition coefficient (Wildman–Crippen LogP) is 3.06. The van der Waals surface area contributed by atoms with Crippen molar-refractivity contribution in [2.75, 3.05) is 11.9 Å². The Balaban J connectivity index is 2.42. The van der Waals surface area contributed by atoms with Crippen LogP contribution in [0.4, 0.5) is 5.69 Å². The highest BCUT2D eigenvalue weighted by Gasteiger charge is 2.15. The largest absolute Gasteiger partial charge is 0.325 e. The van der Waals surface area contributed by atoms with E-state index < -0.39 is 0 Å². The standard InChI is InChI=1S/C13H19ClN2O/c1-4-13(2,3)15-9-12(17)16-11-7-5-10(14)6-8-11/h5-8,15H,4,9H2,1-3H3,(H,16,17). The monoisotopic (exact) mass is 254 g/mol. The lowest BCUT2D eigenvalue weighted by Gasteiger charge is -2.24. The molecule has 3 nitrogen and oxygen atoms in total. The Morgan fingerprint density at radius 1 is 1.29 bits per heavy atom. The highest BCUT2D eigenvalue weighted by Crippen LogP contribution is 2.13. The van der Waals surface area contributed by atoms with Gasteiger partial charge in [-0.05, 0) is 44.5 Å². The number of carbonyl (C=O) groups excluding carboxylic acids is 1. The lowest BCUT2D eigenvalue weighted by molar-refractivity contribution is -0.115. The van der Waals surface area contributed by atoms with Gasteiger partial charge in [0.05, 0.1) is 6.54 Å². The Kier molecular flexibility index (Phi) is 4.97. The number of halogens is 1. The fourth-order valence-corrected chi connectivity index (χ4v) is 1.31. The van der Waals surface area contributed by atoms with Crippen molar-refractivity contribution in [2.24, 2.45) is 0 Å². The molecule has 1 rings (SSSR count). The number of benzene rings is 1. The third-order valence-electron chi connectivity index (χ3n) is 2.74. The summed E-state index contributed by atoms with van der Waals surface area (Å²) in [5, 5.41) is 6.67. The van der Waals surface area contributed by atoms with Crippen LogP contribution in [0.1, 0.15) is 27.2 Å². The Morgan fingerprint density at radius 2 is 1.88 bits per heavy atom. The fourth-order valence-electron chi connectivity index (χ4n) is 1.18. The van der Waals surface area contributed by atoms with Gasteiger partial charge >= 0.3 is 0 Å². The number of hydrogen-bond acceptors (Lipinski definition) is 2. The van der Waals surface area contributed by atoms with E-state index >= 15 is 0 Å². The van der Waals surface area contributed by atoms with Crippen LogP contribution < -0.4 is 10.6 Å². The van der Waals surface area contributed by atoms with Crippen LogP contribution in [0, 0.1) is 0 Å². The molecule has 0 spiro atoms. The van der Waals surface area contributed by atoms with Crippen molar-refractivity contribution in [2.45, 2.75) is 32.7 Å². The molecule has 0 heterocycles. The van der Waals surface area contributed by atoms with E-state index in [1.54, 1.807) is 24.3 Å². The molecular formula is C13H19ClN2O. The molecule has 0 atom stereocenters. The summed E-state index contributed by atoms with van der Waals surface area (Å²) >= 11 is 5.76. The molecule has 1 aromatic rings. The zero-order valence-electron chi connectivity index (χ0n) is 10.5. The average Bonchev–Trinajstić information content (AvgIpc) is 2.30. The first kappa shape index (κ1) is 14.0. The molecule has 2 N–H and O–H groups in total. The van der Waals surface area contributed by atoms with Crippen LogP contribution in [0.5, 0.6) is 0 Å². The maximum absolute atomic E-state index is 11.7. The zero-order chi connectivity index (χ0) is 12.9. The van der Waals surface area contributed by atoms with Crippen LogP contribution in [-0.2, 0) is 4.79 Å². The summed E-state index contributed by atoms with van der Waals surface area (Å²) in [6, 6.07) is 7.07. The molecule has 1 amide bonds. The highest BCUT2D eigenvalue weighted by atomic mass is 35.5. The van der Waals surface area contributed by atoms with Crippen LogP contribution >= 0.6 is 11.6 Å². The molecule has 0 aliphatic carbocycles. The summed E-state index contributed by atoms with van der Waals surface area (Å²) in [7, 11) is 0. The third-order valence-corrected chi connectivity index (χ3v) is 2.99. The second-order valence-corrected chi connectivity index (χ2v) is 5.08. The molecule has 0 aromatic heterocycles. The summed E-state index contributed by atoms with van der Waals surface area (Å²) in [6.45, 7) is 6.54. The molecule has 0 saturated heterocycles. The Morgan fingerprint density at radius 3 is 2.41 bits per heavy atom.